The number of H-pyrrole nitrogens is 1. The number of aromatic amines is 1. The molecule has 0 radical (unpaired) electrons. The zero-order chi connectivity index (χ0) is 24.3. The number of benzene rings is 2. The largest absolute Gasteiger partial charge is 0.492 e. The van der Waals surface area contributed by atoms with Crippen molar-refractivity contribution in [3.05, 3.63) is 65.2 Å². The van der Waals surface area contributed by atoms with Crippen molar-refractivity contribution in [2.45, 2.75) is 4.90 Å². The fourth-order valence-corrected chi connectivity index (χ4v) is 3.56. The predicted octanol–water partition coefficient (Wildman–Crippen LogP) is 1.55. The predicted molar refractivity (Wildman–Crippen MR) is 121 cm³/mol. The number of imidazole rings is 1. The summed E-state index contributed by atoms with van der Waals surface area (Å²) in [4.78, 5) is 33.9. The number of hydrogen-bond acceptors (Lipinski definition) is 8. The number of nitrogens with one attached hydrogen (secondary N) is 3. The molecule has 2 amide bonds. The maximum atomic E-state index is 13.1. The summed E-state index contributed by atoms with van der Waals surface area (Å²) in [6.45, 7) is 0.292. The highest BCUT2D eigenvalue weighted by Crippen LogP contribution is 2.19. The average molecular weight is 487 g/mol. The van der Waals surface area contributed by atoms with Gasteiger partial charge in [-0.25, -0.2) is 9.78 Å². The molecular formula is C20H18FN7O5S. The number of amides is 2. The number of hydrogen-bond donors (Lipinski definition) is 4. The van der Waals surface area contributed by atoms with E-state index in [9.17, 15) is 21.9 Å². The maximum absolute atomic E-state index is 13.1. The van der Waals surface area contributed by atoms with E-state index in [-0.39, 0.29) is 30.3 Å². The van der Waals surface area contributed by atoms with Crippen LogP contribution in [0.5, 0.6) is 5.75 Å². The van der Waals surface area contributed by atoms with Crippen LogP contribution in [0.4, 0.5) is 20.3 Å². The quantitative estimate of drug-likeness (QED) is 0.224. The molecule has 0 aliphatic carbocycles. The van der Waals surface area contributed by atoms with Gasteiger partial charge in [0.1, 0.15) is 23.6 Å². The van der Waals surface area contributed by atoms with Gasteiger partial charge in [0.05, 0.1) is 6.54 Å². The minimum atomic E-state index is -4.87. The first-order valence-electron chi connectivity index (χ1n) is 9.76. The second-order valence-corrected chi connectivity index (χ2v) is 8.27. The molecule has 0 spiro atoms. The average Bonchev–Trinajstić information content (AvgIpc) is 3.21. The standard InChI is InChI=1S/C20H18FN7O5S/c21-34(31,32)15-3-1-2-12(10-15)25-20(30)23-8-9-33-14-6-4-13(5-7-14)28-11-24-16-17(28)26-19(22)27-18(16)29/h1-7,10-11H,8-9H2,(H2,23,25,30)(H3,22,26,27,29). The van der Waals surface area contributed by atoms with Gasteiger partial charge in [-0.15, -0.1) is 3.89 Å². The summed E-state index contributed by atoms with van der Waals surface area (Å²) in [6, 6.07) is 11.1. The Morgan fingerprint density at radius 1 is 1.21 bits per heavy atom. The van der Waals surface area contributed by atoms with Crippen molar-refractivity contribution in [3.63, 3.8) is 0 Å². The van der Waals surface area contributed by atoms with E-state index in [2.05, 4.69) is 25.6 Å². The summed E-state index contributed by atoms with van der Waals surface area (Å²) < 4.78 is 42.1. The number of nitrogens with zero attached hydrogens (tertiary/aromatic N) is 3. The molecule has 0 saturated carbocycles. The van der Waals surface area contributed by atoms with Crippen LogP contribution in [0.1, 0.15) is 0 Å². The lowest BCUT2D eigenvalue weighted by Gasteiger charge is -2.10. The van der Waals surface area contributed by atoms with Crippen molar-refractivity contribution in [1.29, 1.82) is 0 Å². The van der Waals surface area contributed by atoms with Crippen molar-refractivity contribution in [1.82, 2.24) is 24.8 Å². The van der Waals surface area contributed by atoms with E-state index >= 15 is 0 Å². The second-order valence-electron chi connectivity index (χ2n) is 6.93. The number of carbonyl (C=O) groups is 1. The summed E-state index contributed by atoms with van der Waals surface area (Å²) in [6.07, 6.45) is 1.46. The zero-order valence-electron chi connectivity index (χ0n) is 17.4. The van der Waals surface area contributed by atoms with Crippen LogP contribution in [-0.4, -0.2) is 47.1 Å². The molecule has 12 nitrogen and oxygen atoms in total. The monoisotopic (exact) mass is 487 g/mol. The molecule has 2 aromatic carbocycles. The molecule has 0 aliphatic rings. The van der Waals surface area contributed by atoms with Crippen molar-refractivity contribution < 1.29 is 21.8 Å². The number of nitrogen functional groups attached to an aromatic ring is 1. The number of rotatable bonds is 7. The number of aromatic nitrogens is 4. The van der Waals surface area contributed by atoms with E-state index in [4.69, 9.17) is 10.5 Å². The van der Waals surface area contributed by atoms with E-state index in [1.165, 1.54) is 18.5 Å². The van der Waals surface area contributed by atoms with Crippen LogP contribution in [0.2, 0.25) is 0 Å². The van der Waals surface area contributed by atoms with E-state index in [0.717, 1.165) is 12.1 Å². The molecule has 176 valence electrons. The van der Waals surface area contributed by atoms with E-state index in [1.807, 2.05) is 0 Å². The van der Waals surface area contributed by atoms with E-state index < -0.39 is 26.7 Å². The Hall–Kier alpha value is -4.46. The topological polar surface area (TPSA) is 174 Å². The number of ether oxygens (including phenoxy) is 1. The highest BCUT2D eigenvalue weighted by Gasteiger charge is 2.13. The summed E-state index contributed by atoms with van der Waals surface area (Å²) in [5.41, 5.74) is 6.47. The summed E-state index contributed by atoms with van der Waals surface area (Å²) in [7, 11) is -4.87. The van der Waals surface area contributed by atoms with E-state index in [1.54, 1.807) is 28.8 Å². The minimum Gasteiger partial charge on any atom is -0.492 e. The number of nitrogens with two attached hydrogens (primary N) is 1. The fraction of sp³-hybridized carbons (Fsp3) is 0.100. The lowest BCUT2D eigenvalue weighted by molar-refractivity contribution is 0.247. The van der Waals surface area contributed by atoms with Gasteiger partial charge in [0.15, 0.2) is 11.2 Å². The molecule has 2 heterocycles. The number of urea groups is 1. The Morgan fingerprint density at radius 3 is 2.71 bits per heavy atom. The molecule has 4 rings (SSSR count). The van der Waals surface area contributed by atoms with Crippen LogP contribution in [-0.2, 0) is 10.2 Å². The van der Waals surface area contributed by atoms with Crippen molar-refractivity contribution in [3.8, 4) is 11.4 Å². The summed E-state index contributed by atoms with van der Waals surface area (Å²) in [5, 5.41) is 4.95. The van der Waals surface area contributed by atoms with Gasteiger partial charge in [-0.1, -0.05) is 6.07 Å². The molecule has 0 atom stereocenters. The van der Waals surface area contributed by atoms with Gasteiger partial charge < -0.3 is 21.1 Å². The molecule has 34 heavy (non-hydrogen) atoms. The highest BCUT2D eigenvalue weighted by molar-refractivity contribution is 7.86. The first kappa shape index (κ1) is 22.7. The molecular weight excluding hydrogens is 469 g/mol. The Morgan fingerprint density at radius 2 is 1.97 bits per heavy atom. The van der Waals surface area contributed by atoms with Gasteiger partial charge in [0, 0.05) is 11.4 Å². The first-order chi connectivity index (χ1) is 16.2. The number of carbonyl (C=O) groups excluding carboxylic acids is 1. The first-order valence-corrected chi connectivity index (χ1v) is 11.1. The molecule has 4 aromatic rings. The Kier molecular flexibility index (Phi) is 6.14. The molecule has 0 saturated heterocycles. The summed E-state index contributed by atoms with van der Waals surface area (Å²) in [5.74, 6) is 0.512. The van der Waals surface area contributed by atoms with Crippen LogP contribution < -0.4 is 26.7 Å². The molecule has 2 aromatic heterocycles. The second kappa shape index (κ2) is 9.19. The molecule has 5 N–H and O–H groups in total. The third-order valence-electron chi connectivity index (χ3n) is 4.57. The lowest BCUT2D eigenvalue weighted by atomic mass is 10.3. The van der Waals surface area contributed by atoms with Gasteiger partial charge >= 0.3 is 16.3 Å². The Balaban J connectivity index is 1.30. The molecule has 0 fully saturated rings. The number of anilines is 2. The SMILES string of the molecule is Nc1nc2c(ncn2-c2ccc(OCCNC(=O)Nc3cccc(S(=O)(=O)F)c3)cc2)c(=O)[nH]1. The van der Waals surface area contributed by atoms with Gasteiger partial charge in [-0.2, -0.15) is 13.4 Å². The number of fused-ring (bicyclic) bond motifs is 1. The van der Waals surface area contributed by atoms with Crippen LogP contribution in [0.3, 0.4) is 0 Å². The number of halogens is 1. The Labute approximate surface area is 191 Å². The van der Waals surface area contributed by atoms with Crippen molar-refractivity contribution in [2.24, 2.45) is 0 Å². The zero-order valence-corrected chi connectivity index (χ0v) is 18.2. The minimum absolute atomic E-state index is 0.0177. The van der Waals surface area contributed by atoms with Crippen molar-refractivity contribution >= 4 is 39.1 Å². The maximum Gasteiger partial charge on any atom is 0.332 e. The van der Waals surface area contributed by atoms with Gasteiger partial charge in [-0.05, 0) is 42.5 Å². The lowest BCUT2D eigenvalue weighted by Crippen LogP contribution is -2.32. The fourth-order valence-electron chi connectivity index (χ4n) is 3.05. The molecule has 0 unspecified atom stereocenters. The van der Waals surface area contributed by atoms with E-state index in [0.29, 0.717) is 17.1 Å². The van der Waals surface area contributed by atoms with Gasteiger partial charge in [0.2, 0.25) is 5.95 Å². The van der Waals surface area contributed by atoms with Gasteiger partial charge in [-0.3, -0.25) is 14.3 Å². The normalized spacial score (nSPS) is 11.3. The third kappa shape index (κ3) is 5.12. The van der Waals surface area contributed by atoms with Crippen LogP contribution >= 0.6 is 0 Å². The third-order valence-corrected chi connectivity index (χ3v) is 5.39. The summed E-state index contributed by atoms with van der Waals surface area (Å²) >= 11 is 0. The van der Waals surface area contributed by atoms with Gasteiger partial charge in [0.25, 0.3) is 5.56 Å². The van der Waals surface area contributed by atoms with Crippen LogP contribution in [0, 0.1) is 0 Å². The van der Waals surface area contributed by atoms with Crippen LogP contribution in [0.15, 0.2) is 64.5 Å². The molecule has 0 aliphatic heterocycles. The molecule has 0 bridgehead atoms. The highest BCUT2D eigenvalue weighted by atomic mass is 32.3. The smallest absolute Gasteiger partial charge is 0.332 e. The molecule has 14 heteroatoms. The Bertz CT molecular complexity index is 1520. The van der Waals surface area contributed by atoms with Crippen molar-refractivity contribution in [2.75, 3.05) is 24.2 Å². The van der Waals surface area contributed by atoms with Crippen LogP contribution in [0.25, 0.3) is 16.9 Å².